The van der Waals surface area contributed by atoms with Gasteiger partial charge in [-0.3, -0.25) is 4.79 Å². The Morgan fingerprint density at radius 2 is 1.94 bits per heavy atom. The molecular formula is C24H30Cl2N4O2. The van der Waals surface area contributed by atoms with Crippen molar-refractivity contribution < 1.29 is 9.53 Å². The monoisotopic (exact) mass is 476 g/mol. The van der Waals surface area contributed by atoms with E-state index in [9.17, 15) is 4.79 Å². The first-order chi connectivity index (χ1) is 15.3. The van der Waals surface area contributed by atoms with E-state index in [0.717, 1.165) is 48.0 Å². The van der Waals surface area contributed by atoms with Gasteiger partial charge >= 0.3 is 0 Å². The Labute approximate surface area is 199 Å². The van der Waals surface area contributed by atoms with Gasteiger partial charge in [0, 0.05) is 66.4 Å². The fourth-order valence-corrected chi connectivity index (χ4v) is 4.79. The van der Waals surface area contributed by atoms with Crippen LogP contribution in [0.1, 0.15) is 48.8 Å². The Hall–Kier alpha value is -1.89. The van der Waals surface area contributed by atoms with Crippen LogP contribution in [0, 0.1) is 12.8 Å². The molecule has 2 fully saturated rings. The van der Waals surface area contributed by atoms with Crippen molar-refractivity contribution >= 4 is 34.9 Å². The molecule has 0 saturated carbocycles. The Balaban J connectivity index is 1.58. The average Bonchev–Trinajstić information content (AvgIpc) is 3.31. The molecular weight excluding hydrogens is 447 g/mol. The maximum Gasteiger partial charge on any atom is 0.228 e. The number of hydrogen-bond acceptors (Lipinski definition) is 5. The Morgan fingerprint density at radius 1 is 1.19 bits per heavy atom. The predicted molar refractivity (Wildman–Crippen MR) is 128 cm³/mol. The Kier molecular flexibility index (Phi) is 7.23. The van der Waals surface area contributed by atoms with Crippen molar-refractivity contribution in [3.63, 3.8) is 0 Å². The van der Waals surface area contributed by atoms with Crippen molar-refractivity contribution in [1.29, 1.82) is 0 Å². The summed E-state index contributed by atoms with van der Waals surface area (Å²) in [6, 6.07) is 5.59. The van der Waals surface area contributed by atoms with E-state index in [1.54, 1.807) is 6.07 Å². The SMILES string of the molecule is Cc1nc(C(C)C)nc(N2CCN(C(=O)[C@H]3CCOC3)CC2)c1Cc1ccc(Cl)cc1Cl. The highest BCUT2D eigenvalue weighted by Gasteiger charge is 2.31. The molecule has 1 aromatic carbocycles. The van der Waals surface area contributed by atoms with Crippen molar-refractivity contribution in [3.8, 4) is 0 Å². The molecule has 6 nitrogen and oxygen atoms in total. The number of carbonyl (C=O) groups excluding carboxylic acids is 1. The minimum atomic E-state index is 0.0120. The summed E-state index contributed by atoms with van der Waals surface area (Å²) in [5, 5.41) is 1.26. The van der Waals surface area contributed by atoms with E-state index in [1.165, 1.54) is 0 Å². The minimum Gasteiger partial charge on any atom is -0.381 e. The predicted octanol–water partition coefficient (Wildman–Crippen LogP) is 4.49. The summed E-state index contributed by atoms with van der Waals surface area (Å²) < 4.78 is 5.40. The molecule has 1 aromatic heterocycles. The third kappa shape index (κ3) is 5.03. The topological polar surface area (TPSA) is 58.6 Å². The number of anilines is 1. The molecule has 0 radical (unpaired) electrons. The standard InChI is InChI=1S/C24H30Cl2N4O2/c1-15(2)22-27-16(3)20(12-17-4-5-19(25)13-21(17)26)23(28-22)29-7-9-30(10-8-29)24(31)18-6-11-32-14-18/h4-5,13,15,18H,6-12,14H2,1-3H3/t18-/m0/s1. The number of hydrogen-bond donors (Lipinski definition) is 0. The zero-order valence-corrected chi connectivity index (χ0v) is 20.4. The summed E-state index contributed by atoms with van der Waals surface area (Å²) in [6.45, 7) is 10.4. The van der Waals surface area contributed by atoms with Crippen LogP contribution < -0.4 is 4.90 Å². The fourth-order valence-electron chi connectivity index (χ4n) is 4.31. The molecule has 2 saturated heterocycles. The van der Waals surface area contributed by atoms with Gasteiger partial charge in [0.15, 0.2) is 0 Å². The van der Waals surface area contributed by atoms with Gasteiger partial charge in [0.2, 0.25) is 5.91 Å². The van der Waals surface area contributed by atoms with Gasteiger partial charge in [-0.05, 0) is 31.0 Å². The van der Waals surface area contributed by atoms with Crippen LogP contribution in [0.2, 0.25) is 10.0 Å². The van der Waals surface area contributed by atoms with Crippen molar-refractivity contribution in [3.05, 3.63) is 50.9 Å². The van der Waals surface area contributed by atoms with Gasteiger partial charge < -0.3 is 14.5 Å². The lowest BCUT2D eigenvalue weighted by Crippen LogP contribution is -2.51. The number of halogens is 2. The molecule has 2 aromatic rings. The molecule has 0 bridgehead atoms. The number of amides is 1. The molecule has 2 aliphatic rings. The quantitative estimate of drug-likeness (QED) is 0.635. The van der Waals surface area contributed by atoms with Crippen LogP contribution in [-0.4, -0.2) is 60.2 Å². The third-order valence-electron chi connectivity index (χ3n) is 6.28. The number of rotatable bonds is 5. The van der Waals surface area contributed by atoms with Crippen LogP contribution in [0.25, 0.3) is 0 Å². The van der Waals surface area contributed by atoms with Gasteiger partial charge in [0.05, 0.1) is 12.5 Å². The molecule has 2 aliphatic heterocycles. The number of aryl methyl sites for hydroxylation is 1. The lowest BCUT2D eigenvalue weighted by atomic mass is 10.0. The summed E-state index contributed by atoms with van der Waals surface area (Å²) >= 11 is 12.6. The Morgan fingerprint density at radius 3 is 2.56 bits per heavy atom. The van der Waals surface area contributed by atoms with Crippen molar-refractivity contribution in [2.75, 3.05) is 44.3 Å². The summed E-state index contributed by atoms with van der Waals surface area (Å²) in [4.78, 5) is 26.8. The van der Waals surface area contributed by atoms with E-state index in [4.69, 9.17) is 37.9 Å². The van der Waals surface area contributed by atoms with Crippen LogP contribution >= 0.6 is 23.2 Å². The highest BCUT2D eigenvalue weighted by Crippen LogP contribution is 2.30. The number of nitrogens with zero attached hydrogens (tertiary/aromatic N) is 4. The number of benzene rings is 1. The van der Waals surface area contributed by atoms with Crippen molar-refractivity contribution in [2.24, 2.45) is 5.92 Å². The normalized spacial score (nSPS) is 19.1. The molecule has 0 unspecified atom stereocenters. The highest BCUT2D eigenvalue weighted by atomic mass is 35.5. The molecule has 4 rings (SSSR count). The third-order valence-corrected chi connectivity index (χ3v) is 6.86. The van der Waals surface area contributed by atoms with Crippen LogP contribution in [-0.2, 0) is 16.0 Å². The first-order valence-corrected chi connectivity index (χ1v) is 12.0. The molecule has 172 valence electrons. The highest BCUT2D eigenvalue weighted by molar-refractivity contribution is 6.35. The van der Waals surface area contributed by atoms with Gasteiger partial charge in [-0.15, -0.1) is 0 Å². The van der Waals surface area contributed by atoms with Gasteiger partial charge in [0.25, 0.3) is 0 Å². The Bertz CT molecular complexity index is 984. The summed E-state index contributed by atoms with van der Waals surface area (Å²) in [7, 11) is 0. The fraction of sp³-hybridized carbons (Fsp3) is 0.542. The van der Waals surface area contributed by atoms with Gasteiger partial charge in [0.1, 0.15) is 11.6 Å². The second-order valence-electron chi connectivity index (χ2n) is 8.91. The van der Waals surface area contributed by atoms with Crippen LogP contribution in [0.3, 0.4) is 0 Å². The molecule has 3 heterocycles. The number of piperazine rings is 1. The molecule has 0 N–H and O–H groups in total. The molecule has 1 atom stereocenters. The maximum atomic E-state index is 12.8. The lowest BCUT2D eigenvalue weighted by Gasteiger charge is -2.37. The van der Waals surface area contributed by atoms with Crippen molar-refractivity contribution in [1.82, 2.24) is 14.9 Å². The first kappa shape index (κ1) is 23.3. The van der Waals surface area contributed by atoms with Crippen LogP contribution in [0.15, 0.2) is 18.2 Å². The summed E-state index contributed by atoms with van der Waals surface area (Å²) in [5.41, 5.74) is 3.03. The first-order valence-electron chi connectivity index (χ1n) is 11.3. The number of ether oxygens (including phenoxy) is 1. The van der Waals surface area contributed by atoms with Crippen molar-refractivity contribution in [2.45, 2.75) is 39.5 Å². The molecule has 32 heavy (non-hydrogen) atoms. The zero-order valence-electron chi connectivity index (χ0n) is 18.9. The lowest BCUT2D eigenvalue weighted by molar-refractivity contribution is -0.135. The van der Waals surface area contributed by atoms with E-state index < -0.39 is 0 Å². The summed E-state index contributed by atoms with van der Waals surface area (Å²) in [5.74, 6) is 2.24. The van der Waals surface area contributed by atoms with E-state index in [-0.39, 0.29) is 17.7 Å². The number of aromatic nitrogens is 2. The second-order valence-corrected chi connectivity index (χ2v) is 9.75. The van der Waals surface area contributed by atoms with Gasteiger partial charge in [-0.1, -0.05) is 43.1 Å². The molecule has 8 heteroatoms. The largest absolute Gasteiger partial charge is 0.381 e. The summed E-state index contributed by atoms with van der Waals surface area (Å²) in [6.07, 6.45) is 1.46. The minimum absolute atomic E-state index is 0.0120. The van der Waals surface area contributed by atoms with Crippen LogP contribution in [0.5, 0.6) is 0 Å². The van der Waals surface area contributed by atoms with Gasteiger partial charge in [-0.25, -0.2) is 9.97 Å². The maximum absolute atomic E-state index is 12.8. The van der Waals surface area contributed by atoms with E-state index in [2.05, 4.69) is 18.7 Å². The molecule has 1 amide bonds. The van der Waals surface area contributed by atoms with E-state index in [1.807, 2.05) is 24.0 Å². The van der Waals surface area contributed by atoms with Gasteiger partial charge in [-0.2, -0.15) is 0 Å². The zero-order chi connectivity index (χ0) is 22.8. The molecule has 0 spiro atoms. The average molecular weight is 477 g/mol. The smallest absolute Gasteiger partial charge is 0.228 e. The van der Waals surface area contributed by atoms with E-state index >= 15 is 0 Å². The number of carbonyl (C=O) groups is 1. The van der Waals surface area contributed by atoms with Crippen LogP contribution in [0.4, 0.5) is 5.82 Å². The van der Waals surface area contributed by atoms with E-state index in [0.29, 0.717) is 42.8 Å². The molecule has 0 aliphatic carbocycles. The second kappa shape index (κ2) is 9.94.